The maximum Gasteiger partial charge on any atom is 0.330 e. The first kappa shape index (κ1) is 89.3. The van der Waals surface area contributed by atoms with Crippen molar-refractivity contribution in [1.82, 2.24) is 0 Å². The standard InChI is InChI=1S/C50H58N2O6.C46H54N4O6/c1-3-49(53)57-39-15-11-7-5-9-13-37-55-47-33-27-44(28-34-47)24-22-42-19-17-41(18-20-42)21-23-43-25-29-45(30-26-43)51-52-46-31-35-48(36-32-46)56-38-14-10-6-8-12-16-40-58-50(54)4-2;1-3-45(51)55-35-15-11-7-5-9-13-33-53-43-29-19-38(20-30-43)37-17-21-39(22-18-37)47-48-40-23-25-41(26-24-40)49-50-42-27-31-44(32-28-42)54-34-14-10-6-8-12-16-36-56-46(52)4-2/h3-4,17-36H,1-2,5-16,37-40H2;3-4,17-32H,1-2,5-16,33-36H2/b23-21+,24-22?,52-51?;. The second-order valence-electron chi connectivity index (χ2n) is 27.0. The maximum atomic E-state index is 11.0. The first-order valence-corrected chi connectivity index (χ1v) is 40.1. The highest BCUT2D eigenvalue weighted by molar-refractivity contribution is 5.82. The van der Waals surface area contributed by atoms with Crippen molar-refractivity contribution in [2.24, 2.45) is 30.7 Å². The van der Waals surface area contributed by atoms with Gasteiger partial charge in [-0.2, -0.15) is 30.7 Å². The first-order chi connectivity index (χ1) is 56.0. The molecule has 0 saturated heterocycles. The summed E-state index contributed by atoms with van der Waals surface area (Å²) in [7, 11) is 0. The molecule has 0 unspecified atom stereocenters. The highest BCUT2D eigenvalue weighted by Crippen LogP contribution is 2.30. The SMILES string of the molecule is C=CC(=O)OCCCCCCCCOc1ccc(C=Cc2ccc(/C=C/c3ccc(N=Nc4ccc(OCCCCCCCCOC(=O)C=C)cc4)cc3)cc2)cc1.C=CC(=O)OCCCCCCCCOc1ccc(N=Nc2ccc(N=Nc3ccc(-c4ccc(OCCCCCCCCOC(=O)C=C)cc4)cc3)cc2)cc1. The summed E-state index contributed by atoms with van der Waals surface area (Å²) in [6.07, 6.45) is 38.6. The molecule has 8 rings (SSSR count). The fourth-order valence-corrected chi connectivity index (χ4v) is 11.4. The van der Waals surface area contributed by atoms with Gasteiger partial charge in [0, 0.05) is 24.3 Å². The smallest absolute Gasteiger partial charge is 0.330 e. The fourth-order valence-electron chi connectivity index (χ4n) is 11.4. The van der Waals surface area contributed by atoms with E-state index < -0.39 is 0 Å². The Morgan fingerprint density at radius 1 is 0.211 bits per heavy atom. The molecule has 0 spiro atoms. The van der Waals surface area contributed by atoms with Gasteiger partial charge in [-0.15, -0.1) is 0 Å². The highest BCUT2D eigenvalue weighted by Gasteiger charge is 2.07. The van der Waals surface area contributed by atoms with Crippen LogP contribution in [0.1, 0.15) is 176 Å². The van der Waals surface area contributed by atoms with Gasteiger partial charge in [0.1, 0.15) is 23.0 Å². The Balaban J connectivity index is 0.000000316. The van der Waals surface area contributed by atoms with Gasteiger partial charge in [-0.05, 0) is 206 Å². The van der Waals surface area contributed by atoms with Crippen molar-refractivity contribution < 1.29 is 57.1 Å². The molecule has 0 N–H and O–H groups in total. The zero-order valence-electron chi connectivity index (χ0n) is 66.1. The molecule has 0 radical (unpaired) electrons. The van der Waals surface area contributed by atoms with E-state index in [0.717, 1.165) is 245 Å². The molecule has 18 nitrogen and oxygen atoms in total. The second-order valence-corrected chi connectivity index (χ2v) is 27.0. The quantitative estimate of drug-likeness (QED) is 0.00869. The van der Waals surface area contributed by atoms with Gasteiger partial charge < -0.3 is 37.9 Å². The third-order valence-corrected chi connectivity index (χ3v) is 17.9. The lowest BCUT2D eigenvalue weighted by atomic mass is 10.1. The van der Waals surface area contributed by atoms with Gasteiger partial charge in [-0.25, -0.2) is 19.2 Å². The number of unbranched alkanes of at least 4 members (excludes halogenated alkanes) is 20. The summed E-state index contributed by atoms with van der Waals surface area (Å²) < 4.78 is 43.6. The van der Waals surface area contributed by atoms with E-state index >= 15 is 0 Å². The summed E-state index contributed by atoms with van der Waals surface area (Å²) in [6, 6.07) is 63.5. The van der Waals surface area contributed by atoms with E-state index in [0.29, 0.717) is 52.9 Å². The molecule has 0 fully saturated rings. The molecule has 8 aromatic carbocycles. The molecule has 0 aliphatic heterocycles. The fraction of sp³-hybridized carbons (Fsp3) is 0.333. The van der Waals surface area contributed by atoms with Gasteiger partial charge in [0.2, 0.25) is 0 Å². The Bertz CT molecular complexity index is 4100. The molecule has 0 aliphatic carbocycles. The van der Waals surface area contributed by atoms with Crippen LogP contribution in [-0.4, -0.2) is 76.7 Å². The normalized spacial score (nSPS) is 11.2. The molecule has 0 aliphatic rings. The van der Waals surface area contributed by atoms with Crippen LogP contribution in [-0.2, 0) is 38.1 Å². The Morgan fingerprint density at radius 2 is 0.368 bits per heavy atom. The highest BCUT2D eigenvalue weighted by atomic mass is 16.5. The van der Waals surface area contributed by atoms with Crippen molar-refractivity contribution in [3.63, 3.8) is 0 Å². The lowest BCUT2D eigenvalue weighted by molar-refractivity contribution is -0.138. The number of esters is 4. The van der Waals surface area contributed by atoms with Crippen molar-refractivity contribution in [3.8, 4) is 34.1 Å². The average Bonchev–Trinajstić information content (AvgIpc) is 0.850. The summed E-state index contributed by atoms with van der Waals surface area (Å²) in [5.74, 6) is 1.98. The van der Waals surface area contributed by atoms with Crippen LogP contribution in [0.25, 0.3) is 35.4 Å². The Hall–Kier alpha value is -11.9. The van der Waals surface area contributed by atoms with Crippen LogP contribution < -0.4 is 18.9 Å². The Morgan fingerprint density at radius 3 is 0.605 bits per heavy atom. The maximum absolute atomic E-state index is 11.0. The van der Waals surface area contributed by atoms with Crippen LogP contribution in [0.3, 0.4) is 0 Å². The summed E-state index contributed by atoms with van der Waals surface area (Å²) in [4.78, 5) is 44.1. The minimum Gasteiger partial charge on any atom is -0.494 e. The van der Waals surface area contributed by atoms with Gasteiger partial charge in [0.25, 0.3) is 0 Å². The number of rotatable bonds is 55. The predicted octanol–water partition coefficient (Wildman–Crippen LogP) is 26.4. The molecule has 8 aromatic rings. The molecular formula is C96H112N6O12. The van der Waals surface area contributed by atoms with Crippen LogP contribution in [0.5, 0.6) is 23.0 Å². The number of carbonyl (C=O) groups is 4. The van der Waals surface area contributed by atoms with E-state index in [9.17, 15) is 19.2 Å². The molecule has 0 amide bonds. The lowest BCUT2D eigenvalue weighted by Gasteiger charge is -2.08. The van der Waals surface area contributed by atoms with E-state index in [1.54, 1.807) is 0 Å². The summed E-state index contributed by atoms with van der Waals surface area (Å²) in [6.45, 7) is 18.2. The average molecular weight is 1540 g/mol. The minimum atomic E-state index is -0.357. The van der Waals surface area contributed by atoms with E-state index in [4.69, 9.17) is 37.9 Å². The molecule has 0 bridgehead atoms. The van der Waals surface area contributed by atoms with Crippen molar-refractivity contribution in [2.45, 2.75) is 154 Å². The van der Waals surface area contributed by atoms with Gasteiger partial charge in [-0.1, -0.05) is 226 Å². The summed E-state index contributed by atoms with van der Waals surface area (Å²) >= 11 is 0. The van der Waals surface area contributed by atoms with E-state index in [1.165, 1.54) is 24.3 Å². The monoisotopic (exact) mass is 1540 g/mol. The van der Waals surface area contributed by atoms with Crippen molar-refractivity contribution in [3.05, 3.63) is 267 Å². The van der Waals surface area contributed by atoms with Gasteiger partial charge in [-0.3, -0.25) is 0 Å². The number of carbonyl (C=O) groups excluding carboxylic acids is 4. The van der Waals surface area contributed by atoms with Crippen LogP contribution in [0.15, 0.2) is 275 Å². The number of hydrogen-bond donors (Lipinski definition) is 0. The van der Waals surface area contributed by atoms with Crippen molar-refractivity contribution >= 4 is 82.3 Å². The number of ether oxygens (including phenoxy) is 8. The van der Waals surface area contributed by atoms with E-state index in [2.05, 4.69) is 130 Å². The second kappa shape index (κ2) is 56.3. The Kier molecular flexibility index (Phi) is 44.1. The van der Waals surface area contributed by atoms with Crippen LogP contribution in [0, 0.1) is 0 Å². The van der Waals surface area contributed by atoms with Gasteiger partial charge in [0.15, 0.2) is 0 Å². The lowest BCUT2D eigenvalue weighted by Crippen LogP contribution is -2.01. The molecular weight excluding hydrogens is 1430 g/mol. The van der Waals surface area contributed by atoms with E-state index in [1.807, 2.05) is 146 Å². The van der Waals surface area contributed by atoms with Crippen LogP contribution in [0.4, 0.5) is 34.1 Å². The number of azo groups is 3. The van der Waals surface area contributed by atoms with Gasteiger partial charge >= 0.3 is 23.9 Å². The number of hydrogen-bond acceptors (Lipinski definition) is 18. The van der Waals surface area contributed by atoms with E-state index in [-0.39, 0.29) is 23.9 Å². The molecule has 18 heteroatoms. The topological polar surface area (TPSA) is 216 Å². The summed E-state index contributed by atoms with van der Waals surface area (Å²) in [5, 5.41) is 26.3. The molecule has 598 valence electrons. The first-order valence-electron chi connectivity index (χ1n) is 40.1. The molecule has 0 aromatic heterocycles. The van der Waals surface area contributed by atoms with Crippen LogP contribution >= 0.6 is 0 Å². The van der Waals surface area contributed by atoms with Crippen LogP contribution in [0.2, 0.25) is 0 Å². The third kappa shape index (κ3) is 39.8. The third-order valence-electron chi connectivity index (χ3n) is 17.9. The number of nitrogens with zero attached hydrogens (tertiary/aromatic N) is 6. The molecule has 0 atom stereocenters. The molecule has 0 heterocycles. The summed E-state index contributed by atoms with van der Waals surface area (Å²) in [5.41, 5.74) is 11.2. The number of benzene rings is 8. The van der Waals surface area contributed by atoms with Crippen molar-refractivity contribution in [1.29, 1.82) is 0 Å². The zero-order valence-corrected chi connectivity index (χ0v) is 66.1. The predicted molar refractivity (Wildman–Crippen MR) is 458 cm³/mol. The largest absolute Gasteiger partial charge is 0.494 e. The van der Waals surface area contributed by atoms with Gasteiger partial charge in [0.05, 0.1) is 87.0 Å². The molecule has 0 saturated carbocycles. The minimum absolute atomic E-state index is 0.348. The Labute approximate surface area is 674 Å². The zero-order chi connectivity index (χ0) is 80.4. The van der Waals surface area contributed by atoms with Crippen molar-refractivity contribution in [2.75, 3.05) is 52.9 Å². The molecule has 114 heavy (non-hydrogen) atoms.